The normalized spacial score (nSPS) is 18.5. The molecule has 4 rings (SSSR count). The molecule has 2 aliphatic rings. The third-order valence-electron chi connectivity index (χ3n) is 6.14. The van der Waals surface area contributed by atoms with Gasteiger partial charge in [-0.2, -0.15) is 0 Å². The number of carbonyl (C=O) groups is 1. The number of halogens is 1. The summed E-state index contributed by atoms with van der Waals surface area (Å²) in [6.07, 6.45) is 8.66. The van der Waals surface area contributed by atoms with Crippen molar-refractivity contribution in [1.82, 2.24) is 20.2 Å². The fourth-order valence-electron chi connectivity index (χ4n) is 4.42. The molecule has 0 saturated carbocycles. The molecule has 1 fully saturated rings. The molecule has 2 aliphatic heterocycles. The molecular weight excluding hydrogens is 426 g/mol. The van der Waals surface area contributed by atoms with Crippen molar-refractivity contribution in [3.05, 3.63) is 70.3 Å². The van der Waals surface area contributed by atoms with E-state index in [1.54, 1.807) is 17.4 Å². The smallest absolute Gasteiger partial charge is 0.219 e. The van der Waals surface area contributed by atoms with Crippen LogP contribution in [0.4, 0.5) is 5.69 Å². The Morgan fingerprint density at radius 3 is 2.88 bits per heavy atom. The second-order valence-electron chi connectivity index (χ2n) is 8.28. The Hall–Kier alpha value is -2.61. The molecule has 3 heterocycles. The molecule has 0 unspecified atom stereocenters. The van der Waals surface area contributed by atoms with Crippen LogP contribution in [0.15, 0.2) is 48.9 Å². The Morgan fingerprint density at radius 1 is 1.28 bits per heavy atom. The largest absolute Gasteiger partial charge is 0.738 e. The number of pyridine rings is 1. The van der Waals surface area contributed by atoms with Crippen LogP contribution in [-0.2, 0) is 11.2 Å². The molecule has 1 amide bonds. The van der Waals surface area contributed by atoms with Gasteiger partial charge < -0.3 is 20.7 Å². The fraction of sp³-hybridized carbons (Fsp3) is 0.417. The van der Waals surface area contributed by atoms with E-state index < -0.39 is 0 Å². The van der Waals surface area contributed by atoms with Crippen LogP contribution in [0.25, 0.3) is 5.57 Å². The van der Waals surface area contributed by atoms with Crippen LogP contribution in [0.2, 0.25) is 5.02 Å². The lowest BCUT2D eigenvalue weighted by atomic mass is 9.97. The van der Waals surface area contributed by atoms with Gasteiger partial charge in [0.15, 0.2) is 0 Å². The molecule has 2 aromatic rings. The van der Waals surface area contributed by atoms with Crippen molar-refractivity contribution >= 4 is 28.8 Å². The minimum Gasteiger partial charge on any atom is -0.738 e. The Labute approximate surface area is 194 Å². The van der Waals surface area contributed by atoms with E-state index in [-0.39, 0.29) is 11.9 Å². The van der Waals surface area contributed by atoms with E-state index in [4.69, 9.17) is 11.6 Å². The summed E-state index contributed by atoms with van der Waals surface area (Å²) in [4.78, 5) is 18.1. The molecule has 1 aromatic heterocycles. The van der Waals surface area contributed by atoms with Gasteiger partial charge in [0.05, 0.1) is 18.4 Å². The number of hydrogen-bond acceptors (Lipinski definition) is 6. The van der Waals surface area contributed by atoms with E-state index in [0.29, 0.717) is 36.6 Å². The summed E-state index contributed by atoms with van der Waals surface area (Å²) >= 11 is 6.04. The van der Waals surface area contributed by atoms with Gasteiger partial charge in [-0.15, -0.1) is 0 Å². The van der Waals surface area contributed by atoms with Crippen LogP contribution in [-0.4, -0.2) is 53.0 Å². The summed E-state index contributed by atoms with van der Waals surface area (Å²) in [6, 6.07) is 9.97. The summed E-state index contributed by atoms with van der Waals surface area (Å²) in [7, 11) is 0. The lowest BCUT2D eigenvalue weighted by molar-refractivity contribution is -0.120. The molecule has 0 aliphatic carbocycles. The average Bonchev–Trinajstić information content (AvgIpc) is 3.25. The maximum absolute atomic E-state index is 13.2. The second kappa shape index (κ2) is 10.3. The van der Waals surface area contributed by atoms with Crippen LogP contribution in [0.5, 0.6) is 0 Å². The number of hydrazine groups is 1. The summed E-state index contributed by atoms with van der Waals surface area (Å²) in [5.41, 5.74) is 3.69. The minimum absolute atomic E-state index is 0.0707. The maximum atomic E-state index is 13.2. The monoisotopic (exact) mass is 454 g/mol. The molecule has 1 atom stereocenters. The van der Waals surface area contributed by atoms with Gasteiger partial charge >= 0.3 is 0 Å². The van der Waals surface area contributed by atoms with Gasteiger partial charge in [0.2, 0.25) is 5.91 Å². The predicted octanol–water partition coefficient (Wildman–Crippen LogP) is 3.84. The molecule has 32 heavy (non-hydrogen) atoms. The van der Waals surface area contributed by atoms with Crippen molar-refractivity contribution in [3.8, 4) is 0 Å². The number of rotatable bonds is 8. The van der Waals surface area contributed by atoms with Crippen molar-refractivity contribution in [3.63, 3.8) is 0 Å². The molecule has 1 N–H and O–H groups in total. The molecule has 1 saturated heterocycles. The van der Waals surface area contributed by atoms with Gasteiger partial charge in [-0.05, 0) is 55.1 Å². The maximum Gasteiger partial charge on any atom is 0.219 e. The van der Waals surface area contributed by atoms with E-state index in [2.05, 4.69) is 15.2 Å². The molecule has 0 radical (unpaired) electrons. The molecular formula is C24H29ClN5O2-. The van der Waals surface area contributed by atoms with E-state index in [9.17, 15) is 10.0 Å². The fourth-order valence-corrected chi connectivity index (χ4v) is 4.54. The predicted molar refractivity (Wildman–Crippen MR) is 128 cm³/mol. The van der Waals surface area contributed by atoms with Gasteiger partial charge in [0.1, 0.15) is 0 Å². The number of amides is 1. The highest BCUT2D eigenvalue weighted by Gasteiger charge is 2.28. The van der Waals surface area contributed by atoms with E-state index >= 15 is 0 Å². The van der Waals surface area contributed by atoms with Crippen LogP contribution in [0, 0.1) is 5.21 Å². The topological polar surface area (TPSA) is 74.8 Å². The number of anilines is 1. The minimum atomic E-state index is 0.0707. The Kier molecular flexibility index (Phi) is 7.29. The van der Waals surface area contributed by atoms with Gasteiger partial charge in [-0.25, -0.2) is 0 Å². The zero-order chi connectivity index (χ0) is 22.5. The van der Waals surface area contributed by atoms with Gasteiger partial charge in [0.25, 0.3) is 0 Å². The number of nitrogens with one attached hydrogen (secondary N) is 1. The van der Waals surface area contributed by atoms with Gasteiger partial charge in [-0.3, -0.25) is 14.7 Å². The van der Waals surface area contributed by atoms with Crippen LogP contribution in [0.1, 0.15) is 37.3 Å². The Balaban J connectivity index is 1.50. The number of nitrogens with zero attached hydrogens (tertiary/aromatic N) is 4. The number of allylic oxidation sites excluding steroid dienone is 1. The first-order valence-electron chi connectivity index (χ1n) is 11.2. The van der Waals surface area contributed by atoms with Crippen molar-refractivity contribution in [1.29, 1.82) is 0 Å². The highest BCUT2D eigenvalue weighted by molar-refractivity contribution is 6.30. The molecule has 7 nitrogen and oxygen atoms in total. The molecule has 170 valence electrons. The molecule has 1 aromatic carbocycles. The SMILES string of the molecule is CCC(=O)NCCN1CCC[C@@H]1CN1C=C(Cc2ccc(Cl)cc2)c2ccncc2N1[O-]. The number of benzene rings is 1. The van der Waals surface area contributed by atoms with Crippen LogP contribution < -0.4 is 10.5 Å². The lowest BCUT2D eigenvalue weighted by Crippen LogP contribution is -2.47. The third kappa shape index (κ3) is 5.23. The van der Waals surface area contributed by atoms with E-state index in [0.717, 1.165) is 47.8 Å². The number of likely N-dealkylation sites (tertiary alicyclic amines) is 1. The quantitative estimate of drug-likeness (QED) is 0.653. The summed E-state index contributed by atoms with van der Waals surface area (Å²) in [6.45, 7) is 4.87. The first kappa shape index (κ1) is 22.6. The summed E-state index contributed by atoms with van der Waals surface area (Å²) < 4.78 is 0. The zero-order valence-electron chi connectivity index (χ0n) is 18.3. The third-order valence-corrected chi connectivity index (χ3v) is 6.39. The van der Waals surface area contributed by atoms with E-state index in [1.165, 1.54) is 0 Å². The van der Waals surface area contributed by atoms with Gasteiger partial charge in [0, 0.05) is 48.5 Å². The molecule has 0 bridgehead atoms. The van der Waals surface area contributed by atoms with Crippen molar-refractivity contribution in [2.45, 2.75) is 38.6 Å². The second-order valence-corrected chi connectivity index (χ2v) is 8.72. The zero-order valence-corrected chi connectivity index (χ0v) is 19.1. The van der Waals surface area contributed by atoms with Crippen LogP contribution in [0.3, 0.4) is 0 Å². The first-order chi connectivity index (χ1) is 15.5. The summed E-state index contributed by atoms with van der Waals surface area (Å²) in [5.74, 6) is 0.0707. The van der Waals surface area contributed by atoms with E-state index in [1.807, 2.05) is 43.5 Å². The Morgan fingerprint density at radius 2 is 2.09 bits per heavy atom. The van der Waals surface area contributed by atoms with Crippen molar-refractivity contribution in [2.75, 3.05) is 31.4 Å². The lowest BCUT2D eigenvalue weighted by Gasteiger charge is -2.47. The van der Waals surface area contributed by atoms with Crippen LogP contribution >= 0.6 is 11.6 Å². The average molecular weight is 455 g/mol. The number of carbonyl (C=O) groups excluding carboxylic acids is 1. The molecule has 8 heteroatoms. The van der Waals surface area contributed by atoms with Crippen molar-refractivity contribution < 1.29 is 4.79 Å². The number of hydrogen-bond donors (Lipinski definition) is 1. The summed E-state index contributed by atoms with van der Waals surface area (Å²) in [5, 5.41) is 19.5. The number of fused-ring (bicyclic) bond motifs is 1. The number of aromatic nitrogens is 1. The van der Waals surface area contributed by atoms with Gasteiger partial charge in [-0.1, -0.05) is 30.7 Å². The highest BCUT2D eigenvalue weighted by Crippen LogP contribution is 2.35. The Bertz CT molecular complexity index is 965. The first-order valence-corrected chi connectivity index (χ1v) is 11.6. The highest BCUT2D eigenvalue weighted by atomic mass is 35.5. The van der Waals surface area contributed by atoms with Crippen molar-refractivity contribution in [2.24, 2.45) is 0 Å². The molecule has 0 spiro atoms. The standard InChI is InChI=1S/C24H29ClN5O2/c1-2-24(31)27-11-13-28-12-3-4-21(28)17-29-16-19(14-18-5-7-20(25)8-6-18)22-9-10-26-15-23(22)30(29)32/h5-10,15-16,21H,2-4,11-14,17H2,1H3,(H,27,31)/q-1/t21-/m1/s1.